The van der Waals surface area contributed by atoms with Crippen LogP contribution in [0.2, 0.25) is 0 Å². The Morgan fingerprint density at radius 1 is 1.00 bits per heavy atom. The molecule has 0 aromatic carbocycles. The van der Waals surface area contributed by atoms with Crippen molar-refractivity contribution in [3.8, 4) is 0 Å². The van der Waals surface area contributed by atoms with Crippen LogP contribution in [0, 0.1) is 17.3 Å². The van der Waals surface area contributed by atoms with Crippen molar-refractivity contribution in [2.45, 2.75) is 50.7 Å². The molecule has 5 rings (SSSR count). The SMILES string of the molecule is C1=C[C@H]2O[C@@H]1[C@H]1CCC3CCC12CC3. The molecule has 3 saturated carbocycles. The van der Waals surface area contributed by atoms with Crippen LogP contribution < -0.4 is 0 Å². The molecule has 1 spiro atoms. The number of ether oxygens (including phenoxy) is 1. The van der Waals surface area contributed by atoms with Crippen LogP contribution in [-0.4, -0.2) is 12.2 Å². The fraction of sp³-hybridized carbons (Fsp3) is 0.846. The Morgan fingerprint density at radius 3 is 2.71 bits per heavy atom. The van der Waals surface area contributed by atoms with Crippen LogP contribution in [0.4, 0.5) is 0 Å². The van der Waals surface area contributed by atoms with Gasteiger partial charge in [0.05, 0.1) is 12.2 Å². The van der Waals surface area contributed by atoms with E-state index in [4.69, 9.17) is 4.74 Å². The van der Waals surface area contributed by atoms with Gasteiger partial charge in [-0.25, -0.2) is 0 Å². The van der Waals surface area contributed by atoms with Crippen molar-refractivity contribution < 1.29 is 4.74 Å². The summed E-state index contributed by atoms with van der Waals surface area (Å²) in [5, 5.41) is 0. The van der Waals surface area contributed by atoms with E-state index in [1.165, 1.54) is 38.5 Å². The van der Waals surface area contributed by atoms with Crippen molar-refractivity contribution in [1.29, 1.82) is 0 Å². The van der Waals surface area contributed by atoms with Crippen LogP contribution in [0.1, 0.15) is 38.5 Å². The molecule has 1 nitrogen and oxygen atoms in total. The molecule has 2 heterocycles. The van der Waals surface area contributed by atoms with E-state index in [-0.39, 0.29) is 0 Å². The van der Waals surface area contributed by atoms with Gasteiger partial charge in [-0.3, -0.25) is 0 Å². The summed E-state index contributed by atoms with van der Waals surface area (Å²) in [6.45, 7) is 0. The van der Waals surface area contributed by atoms with Crippen LogP contribution >= 0.6 is 0 Å². The highest BCUT2D eigenvalue weighted by atomic mass is 16.5. The average molecular weight is 190 g/mol. The van der Waals surface area contributed by atoms with Crippen molar-refractivity contribution in [1.82, 2.24) is 0 Å². The molecule has 0 amide bonds. The van der Waals surface area contributed by atoms with Crippen LogP contribution in [0.15, 0.2) is 12.2 Å². The molecule has 0 N–H and O–H groups in total. The molecule has 0 aromatic heterocycles. The zero-order valence-electron chi connectivity index (χ0n) is 8.61. The molecule has 76 valence electrons. The molecule has 3 aliphatic carbocycles. The topological polar surface area (TPSA) is 9.23 Å². The molecule has 3 atom stereocenters. The van der Waals surface area contributed by atoms with Crippen LogP contribution in [0.3, 0.4) is 0 Å². The van der Waals surface area contributed by atoms with E-state index in [1.54, 1.807) is 0 Å². The lowest BCUT2D eigenvalue weighted by atomic mass is 9.62. The minimum atomic E-state index is 0.497. The molecule has 1 saturated heterocycles. The third-order valence-corrected chi connectivity index (χ3v) is 5.40. The molecule has 0 aromatic rings. The van der Waals surface area contributed by atoms with Crippen molar-refractivity contribution >= 4 is 0 Å². The van der Waals surface area contributed by atoms with E-state index in [0.29, 0.717) is 17.6 Å². The monoisotopic (exact) mass is 190 g/mol. The quantitative estimate of drug-likeness (QED) is 0.534. The van der Waals surface area contributed by atoms with Crippen LogP contribution in [0.25, 0.3) is 0 Å². The van der Waals surface area contributed by atoms with Gasteiger partial charge in [0.15, 0.2) is 0 Å². The second-order valence-electron chi connectivity index (χ2n) is 5.77. The highest BCUT2D eigenvalue weighted by Crippen LogP contribution is 2.61. The summed E-state index contributed by atoms with van der Waals surface area (Å²) in [4.78, 5) is 0. The van der Waals surface area contributed by atoms with E-state index >= 15 is 0 Å². The molecule has 0 radical (unpaired) electrons. The molecule has 5 aliphatic rings. The summed E-state index contributed by atoms with van der Waals surface area (Å²) in [6, 6.07) is 0. The second kappa shape index (κ2) is 2.44. The summed E-state index contributed by atoms with van der Waals surface area (Å²) < 4.78 is 6.08. The predicted molar refractivity (Wildman–Crippen MR) is 54.9 cm³/mol. The molecular weight excluding hydrogens is 172 g/mol. The number of hydrogen-bond acceptors (Lipinski definition) is 1. The van der Waals surface area contributed by atoms with Crippen molar-refractivity contribution in [3.05, 3.63) is 12.2 Å². The summed E-state index contributed by atoms with van der Waals surface area (Å²) in [5.74, 6) is 1.94. The Labute approximate surface area is 85.5 Å². The first-order valence-corrected chi connectivity index (χ1v) is 6.22. The van der Waals surface area contributed by atoms with Gasteiger partial charge in [-0.1, -0.05) is 18.6 Å². The Bertz CT molecular complexity index is 283. The molecule has 4 bridgehead atoms. The highest BCUT2D eigenvalue weighted by Gasteiger charge is 2.58. The summed E-state index contributed by atoms with van der Waals surface area (Å²) >= 11 is 0. The standard InChI is InChI=1S/C13H18O/c1-2-10-11-3-4-12(14-11)13(10)7-5-9(1)6-8-13/h3-4,9-12H,1-2,5-8H2/t9?,10-,11+,12-,13?/m1/s1. The van der Waals surface area contributed by atoms with Crippen molar-refractivity contribution in [2.24, 2.45) is 17.3 Å². The van der Waals surface area contributed by atoms with Gasteiger partial charge in [0.25, 0.3) is 0 Å². The Hall–Kier alpha value is -0.300. The van der Waals surface area contributed by atoms with E-state index < -0.39 is 0 Å². The van der Waals surface area contributed by atoms with E-state index in [1.807, 2.05) is 0 Å². The first-order valence-electron chi connectivity index (χ1n) is 6.22. The Balaban J connectivity index is 1.81. The Kier molecular flexibility index (Phi) is 1.38. The zero-order chi connectivity index (χ0) is 9.17. The third kappa shape index (κ3) is 0.770. The van der Waals surface area contributed by atoms with Crippen molar-refractivity contribution in [3.63, 3.8) is 0 Å². The Morgan fingerprint density at radius 2 is 1.86 bits per heavy atom. The van der Waals surface area contributed by atoms with Crippen LogP contribution in [0.5, 0.6) is 0 Å². The van der Waals surface area contributed by atoms with Gasteiger partial charge in [-0.2, -0.15) is 0 Å². The molecular formula is C13H18O. The fourth-order valence-electron chi connectivity index (χ4n) is 4.59. The lowest BCUT2D eigenvalue weighted by Gasteiger charge is -2.41. The fourth-order valence-corrected chi connectivity index (χ4v) is 4.59. The summed E-state index contributed by atoms with van der Waals surface area (Å²) in [7, 11) is 0. The van der Waals surface area contributed by atoms with Gasteiger partial charge in [-0.15, -0.1) is 0 Å². The molecule has 2 aliphatic heterocycles. The van der Waals surface area contributed by atoms with E-state index in [0.717, 1.165) is 11.8 Å². The van der Waals surface area contributed by atoms with Gasteiger partial charge in [0.2, 0.25) is 0 Å². The lowest BCUT2D eigenvalue weighted by Crippen LogP contribution is -2.38. The van der Waals surface area contributed by atoms with Gasteiger partial charge < -0.3 is 4.74 Å². The van der Waals surface area contributed by atoms with Gasteiger partial charge in [0.1, 0.15) is 0 Å². The molecule has 1 heteroatoms. The normalized spacial score (nSPS) is 58.9. The second-order valence-corrected chi connectivity index (χ2v) is 5.77. The van der Waals surface area contributed by atoms with E-state index in [9.17, 15) is 0 Å². The van der Waals surface area contributed by atoms with Crippen molar-refractivity contribution in [2.75, 3.05) is 0 Å². The minimum Gasteiger partial charge on any atom is -0.366 e. The maximum absolute atomic E-state index is 6.08. The van der Waals surface area contributed by atoms with Gasteiger partial charge in [-0.05, 0) is 43.9 Å². The third-order valence-electron chi connectivity index (χ3n) is 5.40. The average Bonchev–Trinajstić information content (AvgIpc) is 2.68. The smallest absolute Gasteiger partial charge is 0.0824 e. The number of hydrogen-bond donors (Lipinski definition) is 0. The maximum atomic E-state index is 6.08. The summed E-state index contributed by atoms with van der Waals surface area (Å²) in [6.07, 6.45) is 14.5. The first-order chi connectivity index (χ1) is 6.88. The van der Waals surface area contributed by atoms with Gasteiger partial charge >= 0.3 is 0 Å². The first kappa shape index (κ1) is 7.92. The minimum absolute atomic E-state index is 0.497. The van der Waals surface area contributed by atoms with E-state index in [2.05, 4.69) is 12.2 Å². The number of rotatable bonds is 0. The lowest BCUT2D eigenvalue weighted by molar-refractivity contribution is 0.0511. The zero-order valence-corrected chi connectivity index (χ0v) is 8.61. The van der Waals surface area contributed by atoms with Gasteiger partial charge in [0, 0.05) is 5.41 Å². The summed E-state index contributed by atoms with van der Waals surface area (Å²) in [5.41, 5.74) is 0.590. The van der Waals surface area contributed by atoms with Crippen LogP contribution in [-0.2, 0) is 4.74 Å². The largest absolute Gasteiger partial charge is 0.366 e. The maximum Gasteiger partial charge on any atom is 0.0824 e. The molecule has 0 unspecified atom stereocenters. The molecule has 4 fully saturated rings. The highest BCUT2D eigenvalue weighted by molar-refractivity contribution is 5.21. The predicted octanol–water partition coefficient (Wildman–Crippen LogP) is 2.91. The molecule has 14 heavy (non-hydrogen) atoms. The number of fused-ring (bicyclic) bond motifs is 5.